The fourth-order valence-electron chi connectivity index (χ4n) is 1.25. The van der Waals surface area contributed by atoms with E-state index in [2.05, 4.69) is 27.8 Å². The fraction of sp³-hybridized carbons (Fsp3) is 0.846. The van der Waals surface area contributed by atoms with Gasteiger partial charge in [-0.05, 0) is 32.6 Å². The molecule has 0 unspecified atom stereocenters. The van der Waals surface area contributed by atoms with Gasteiger partial charge < -0.3 is 9.47 Å². The number of hydrogen-bond acceptors (Lipinski definition) is 2. The predicted molar refractivity (Wildman–Crippen MR) is 71.7 cm³/mol. The molecule has 0 heterocycles. The van der Waals surface area contributed by atoms with E-state index in [-0.39, 0.29) is 6.29 Å². The average molecular weight is 291 g/mol. The fourth-order valence-corrected chi connectivity index (χ4v) is 1.65. The molecule has 0 atom stereocenters. The van der Waals surface area contributed by atoms with Gasteiger partial charge in [0.2, 0.25) is 6.29 Å². The lowest BCUT2D eigenvalue weighted by Crippen LogP contribution is -2.14. The Morgan fingerprint density at radius 2 is 1.62 bits per heavy atom. The van der Waals surface area contributed by atoms with Gasteiger partial charge in [0.05, 0.1) is 0 Å². The van der Waals surface area contributed by atoms with Crippen molar-refractivity contribution < 1.29 is 9.47 Å². The van der Waals surface area contributed by atoms with Crippen molar-refractivity contribution in [2.45, 2.75) is 52.2 Å². The van der Waals surface area contributed by atoms with Crippen molar-refractivity contribution in [2.24, 2.45) is 0 Å². The molecule has 0 aliphatic rings. The molecular weight excluding hydrogens is 268 g/mol. The van der Waals surface area contributed by atoms with Crippen molar-refractivity contribution >= 4 is 15.9 Å². The molecule has 0 fully saturated rings. The van der Waals surface area contributed by atoms with Crippen LogP contribution in [0.25, 0.3) is 0 Å². The lowest BCUT2D eigenvalue weighted by atomic mass is 10.2. The lowest BCUT2D eigenvalue weighted by Gasteiger charge is -2.09. The van der Waals surface area contributed by atoms with Gasteiger partial charge in [-0.1, -0.05) is 34.7 Å². The standard InChI is InChI=1S/C13H23BrO2/c1-3-15-13(16-4-2)11-9-7-5-6-8-10-12-14/h13H,3-8,10,12H2,1-2H3. The second-order valence-corrected chi connectivity index (χ2v) is 4.21. The predicted octanol–water partition coefficient (Wildman–Crippen LogP) is 3.73. The van der Waals surface area contributed by atoms with Gasteiger partial charge in [0.25, 0.3) is 0 Å². The molecule has 0 aliphatic heterocycles. The highest BCUT2D eigenvalue weighted by atomic mass is 79.9. The van der Waals surface area contributed by atoms with Crippen LogP contribution in [0.2, 0.25) is 0 Å². The number of halogens is 1. The molecule has 0 N–H and O–H groups in total. The second kappa shape index (κ2) is 13.0. The Balaban J connectivity index is 3.54. The Kier molecular flexibility index (Phi) is 13.0. The summed E-state index contributed by atoms with van der Waals surface area (Å²) in [5.41, 5.74) is 0. The lowest BCUT2D eigenvalue weighted by molar-refractivity contribution is -0.0970. The summed E-state index contributed by atoms with van der Waals surface area (Å²) in [7, 11) is 0. The summed E-state index contributed by atoms with van der Waals surface area (Å²) < 4.78 is 10.7. The number of rotatable bonds is 9. The monoisotopic (exact) mass is 290 g/mol. The first-order chi connectivity index (χ1) is 7.85. The van der Waals surface area contributed by atoms with Crippen molar-refractivity contribution in [1.29, 1.82) is 0 Å². The van der Waals surface area contributed by atoms with E-state index in [1.54, 1.807) is 0 Å². The molecule has 3 heteroatoms. The summed E-state index contributed by atoms with van der Waals surface area (Å²) in [5, 5.41) is 1.11. The summed E-state index contributed by atoms with van der Waals surface area (Å²) in [6.07, 6.45) is 5.58. The Bertz CT molecular complexity index is 190. The molecule has 0 spiro atoms. The van der Waals surface area contributed by atoms with Crippen LogP contribution in [0, 0.1) is 11.8 Å². The molecule has 2 nitrogen and oxygen atoms in total. The molecule has 0 radical (unpaired) electrons. The molecule has 0 aliphatic carbocycles. The summed E-state index contributed by atoms with van der Waals surface area (Å²) in [4.78, 5) is 0. The quantitative estimate of drug-likeness (QED) is 0.279. The Morgan fingerprint density at radius 1 is 1.00 bits per heavy atom. The molecule has 0 saturated carbocycles. The van der Waals surface area contributed by atoms with Gasteiger partial charge in [-0.3, -0.25) is 0 Å². The topological polar surface area (TPSA) is 18.5 Å². The van der Waals surface area contributed by atoms with E-state index in [0.717, 1.165) is 11.8 Å². The zero-order valence-corrected chi connectivity index (χ0v) is 12.0. The van der Waals surface area contributed by atoms with E-state index in [1.165, 1.54) is 25.7 Å². The maximum atomic E-state index is 5.33. The summed E-state index contributed by atoms with van der Waals surface area (Å²) in [6, 6.07) is 0. The molecule has 0 aromatic carbocycles. The Labute approximate surface area is 108 Å². The van der Waals surface area contributed by atoms with E-state index in [4.69, 9.17) is 9.47 Å². The molecule has 0 amide bonds. The third-order valence-corrected chi connectivity index (χ3v) is 2.60. The van der Waals surface area contributed by atoms with Crippen LogP contribution in [0.3, 0.4) is 0 Å². The molecule has 0 rings (SSSR count). The van der Waals surface area contributed by atoms with Crippen molar-refractivity contribution in [3.63, 3.8) is 0 Å². The van der Waals surface area contributed by atoms with Crippen LogP contribution in [-0.2, 0) is 9.47 Å². The highest BCUT2D eigenvalue weighted by Crippen LogP contribution is 2.04. The van der Waals surface area contributed by atoms with Crippen LogP contribution in [0.15, 0.2) is 0 Å². The van der Waals surface area contributed by atoms with E-state index >= 15 is 0 Å². The molecule has 16 heavy (non-hydrogen) atoms. The van der Waals surface area contributed by atoms with Gasteiger partial charge in [0.15, 0.2) is 0 Å². The van der Waals surface area contributed by atoms with Crippen molar-refractivity contribution in [1.82, 2.24) is 0 Å². The van der Waals surface area contributed by atoms with Gasteiger partial charge in [-0.25, -0.2) is 0 Å². The third-order valence-electron chi connectivity index (χ3n) is 2.04. The molecular formula is C13H23BrO2. The van der Waals surface area contributed by atoms with Crippen molar-refractivity contribution in [3.05, 3.63) is 0 Å². The van der Waals surface area contributed by atoms with Crippen LogP contribution in [0.4, 0.5) is 0 Å². The van der Waals surface area contributed by atoms with Gasteiger partial charge in [0.1, 0.15) is 0 Å². The summed E-state index contributed by atoms with van der Waals surface area (Å²) >= 11 is 3.42. The summed E-state index contributed by atoms with van der Waals surface area (Å²) in [5.74, 6) is 6.13. The SMILES string of the molecule is CCOC(C#CCCCCCCBr)OCC. The van der Waals surface area contributed by atoms with Crippen LogP contribution >= 0.6 is 15.9 Å². The third kappa shape index (κ3) is 10.5. The molecule has 94 valence electrons. The minimum absolute atomic E-state index is 0.336. The van der Waals surface area contributed by atoms with Gasteiger partial charge in [-0.15, -0.1) is 0 Å². The van der Waals surface area contributed by atoms with E-state index < -0.39 is 0 Å². The highest BCUT2D eigenvalue weighted by Gasteiger charge is 2.00. The molecule has 0 aromatic heterocycles. The molecule has 0 bridgehead atoms. The Hall–Kier alpha value is -0.0400. The average Bonchev–Trinajstić information content (AvgIpc) is 2.28. The smallest absolute Gasteiger partial charge is 0.222 e. The van der Waals surface area contributed by atoms with Gasteiger partial charge in [0, 0.05) is 25.0 Å². The van der Waals surface area contributed by atoms with E-state index in [1.807, 2.05) is 13.8 Å². The molecule has 0 saturated heterocycles. The van der Waals surface area contributed by atoms with E-state index in [9.17, 15) is 0 Å². The normalized spacial score (nSPS) is 10.2. The zero-order chi connectivity index (χ0) is 12.1. The first kappa shape index (κ1) is 16.0. The maximum absolute atomic E-state index is 5.33. The number of hydrogen-bond donors (Lipinski definition) is 0. The summed E-state index contributed by atoms with van der Waals surface area (Å²) in [6.45, 7) is 5.19. The largest absolute Gasteiger partial charge is 0.342 e. The minimum Gasteiger partial charge on any atom is -0.342 e. The maximum Gasteiger partial charge on any atom is 0.222 e. The highest BCUT2D eigenvalue weighted by molar-refractivity contribution is 9.09. The van der Waals surface area contributed by atoms with E-state index in [0.29, 0.717) is 13.2 Å². The first-order valence-corrected chi connectivity index (χ1v) is 7.24. The minimum atomic E-state index is -0.336. The first-order valence-electron chi connectivity index (χ1n) is 6.12. The van der Waals surface area contributed by atoms with Gasteiger partial charge >= 0.3 is 0 Å². The van der Waals surface area contributed by atoms with Crippen LogP contribution in [0.5, 0.6) is 0 Å². The number of alkyl halides is 1. The van der Waals surface area contributed by atoms with Crippen LogP contribution in [0.1, 0.15) is 46.0 Å². The van der Waals surface area contributed by atoms with Crippen LogP contribution in [-0.4, -0.2) is 24.8 Å². The van der Waals surface area contributed by atoms with Gasteiger partial charge in [-0.2, -0.15) is 0 Å². The number of unbranched alkanes of at least 4 members (excludes halogenated alkanes) is 4. The second-order valence-electron chi connectivity index (χ2n) is 3.42. The Morgan fingerprint density at radius 3 is 2.19 bits per heavy atom. The van der Waals surface area contributed by atoms with Crippen molar-refractivity contribution in [3.8, 4) is 11.8 Å². The van der Waals surface area contributed by atoms with Crippen LogP contribution < -0.4 is 0 Å². The molecule has 0 aromatic rings. The zero-order valence-electron chi connectivity index (χ0n) is 10.4. The number of ether oxygens (including phenoxy) is 2. The van der Waals surface area contributed by atoms with Crippen molar-refractivity contribution in [2.75, 3.05) is 18.5 Å².